The van der Waals surface area contributed by atoms with Crippen LogP contribution in [0.25, 0.3) is 21.6 Å². The molecule has 0 aliphatic carbocycles. The van der Waals surface area contributed by atoms with Gasteiger partial charge in [-0.3, -0.25) is 0 Å². The molecule has 176 valence electrons. The maximum absolute atomic E-state index is 12.3. The second-order valence-electron chi connectivity index (χ2n) is 7.63. The Labute approximate surface area is 216 Å². The van der Waals surface area contributed by atoms with Crippen molar-refractivity contribution < 1.29 is 4.79 Å². The Kier molecular flexibility index (Phi) is 7.75. The van der Waals surface area contributed by atoms with Gasteiger partial charge in [0.05, 0.1) is 20.4 Å². The van der Waals surface area contributed by atoms with Crippen molar-refractivity contribution in [2.75, 3.05) is 43.1 Å². The lowest BCUT2D eigenvalue weighted by molar-refractivity contribution is 0.262. The van der Waals surface area contributed by atoms with E-state index >= 15 is 0 Å². The zero-order valence-corrected chi connectivity index (χ0v) is 21.4. The number of urea groups is 1. The second-order valence-corrected chi connectivity index (χ2v) is 10.0. The first-order valence-electron chi connectivity index (χ1n) is 10.3. The molecule has 34 heavy (non-hydrogen) atoms. The maximum Gasteiger partial charge on any atom is 0.323 e. The quantitative estimate of drug-likeness (QED) is 0.239. The molecular formula is C23H21Cl3N6OS. The second kappa shape index (κ2) is 10.8. The maximum atomic E-state index is 12.3. The van der Waals surface area contributed by atoms with E-state index in [2.05, 4.69) is 25.8 Å². The molecule has 0 aliphatic heterocycles. The lowest BCUT2D eigenvalue weighted by Crippen LogP contribution is -2.21. The van der Waals surface area contributed by atoms with Crippen LogP contribution in [0.3, 0.4) is 0 Å². The molecule has 0 fully saturated rings. The van der Waals surface area contributed by atoms with Gasteiger partial charge >= 0.3 is 6.03 Å². The van der Waals surface area contributed by atoms with Crippen LogP contribution >= 0.6 is 46.1 Å². The number of halogens is 3. The van der Waals surface area contributed by atoms with Gasteiger partial charge < -0.3 is 20.9 Å². The van der Waals surface area contributed by atoms with Crippen molar-refractivity contribution in [3.63, 3.8) is 0 Å². The van der Waals surface area contributed by atoms with E-state index < -0.39 is 6.03 Å². The molecule has 0 saturated carbocycles. The standard InChI is InChI=1S/C23H21Cl3N6OS/c1-32(2)12-11-27-22-19-18(17(25)20(26)34-19)30-21(31-22)13-7-9-14(10-8-13)28-23(33)29-16-6-4-3-5-15(16)24/h3-10H,11-12H2,1-2H3,(H,27,30,31)(H2,28,29,33). The molecule has 2 aromatic heterocycles. The number of fused-ring (bicyclic) bond motifs is 1. The average molecular weight is 536 g/mol. The van der Waals surface area contributed by atoms with Crippen LogP contribution in [-0.2, 0) is 0 Å². The van der Waals surface area contributed by atoms with Crippen LogP contribution in [-0.4, -0.2) is 48.1 Å². The van der Waals surface area contributed by atoms with E-state index in [9.17, 15) is 4.79 Å². The molecule has 0 spiro atoms. The third kappa shape index (κ3) is 5.71. The Bertz CT molecular complexity index is 1330. The number of anilines is 3. The highest BCUT2D eigenvalue weighted by molar-refractivity contribution is 7.24. The van der Waals surface area contributed by atoms with Crippen molar-refractivity contribution in [2.45, 2.75) is 0 Å². The number of benzene rings is 2. The van der Waals surface area contributed by atoms with Crippen molar-refractivity contribution in [1.29, 1.82) is 0 Å². The van der Waals surface area contributed by atoms with E-state index in [1.807, 2.05) is 26.2 Å². The zero-order chi connectivity index (χ0) is 24.2. The van der Waals surface area contributed by atoms with Crippen molar-refractivity contribution in [1.82, 2.24) is 14.9 Å². The molecule has 2 heterocycles. The predicted octanol–water partition coefficient (Wildman–Crippen LogP) is 6.94. The number of carbonyl (C=O) groups excluding carboxylic acids is 1. The summed E-state index contributed by atoms with van der Waals surface area (Å²) in [5.41, 5.74) is 2.51. The first-order valence-corrected chi connectivity index (χ1v) is 12.2. The number of aromatic nitrogens is 2. The van der Waals surface area contributed by atoms with E-state index in [0.717, 1.165) is 16.8 Å². The molecule has 3 N–H and O–H groups in total. The summed E-state index contributed by atoms with van der Waals surface area (Å²) in [6, 6.07) is 13.8. The molecule has 0 radical (unpaired) electrons. The van der Waals surface area contributed by atoms with Gasteiger partial charge in [-0.2, -0.15) is 0 Å². The molecule has 2 aromatic carbocycles. The summed E-state index contributed by atoms with van der Waals surface area (Å²) in [5, 5.41) is 9.74. The number of hydrogen-bond acceptors (Lipinski definition) is 6. The van der Waals surface area contributed by atoms with Gasteiger partial charge in [-0.05, 0) is 50.5 Å². The Morgan fingerprint density at radius 1 is 1.00 bits per heavy atom. The Morgan fingerprint density at radius 2 is 1.74 bits per heavy atom. The number of nitrogens with one attached hydrogen (secondary N) is 3. The number of hydrogen-bond donors (Lipinski definition) is 3. The monoisotopic (exact) mass is 534 g/mol. The van der Waals surface area contributed by atoms with E-state index in [0.29, 0.717) is 49.5 Å². The van der Waals surface area contributed by atoms with E-state index in [1.165, 1.54) is 11.3 Å². The highest BCUT2D eigenvalue weighted by atomic mass is 35.5. The lowest BCUT2D eigenvalue weighted by Gasteiger charge is -2.12. The number of rotatable bonds is 7. The lowest BCUT2D eigenvalue weighted by atomic mass is 10.2. The summed E-state index contributed by atoms with van der Waals surface area (Å²) in [4.78, 5) is 23.8. The van der Waals surface area contributed by atoms with Gasteiger partial charge in [0.15, 0.2) is 5.82 Å². The Hall–Kier alpha value is -2.62. The number of amides is 2. The van der Waals surface area contributed by atoms with Crippen molar-refractivity contribution in [3.8, 4) is 11.4 Å². The minimum absolute atomic E-state index is 0.398. The molecule has 0 atom stereocenters. The Morgan fingerprint density at radius 3 is 2.44 bits per heavy atom. The third-order valence-electron chi connectivity index (χ3n) is 4.81. The SMILES string of the molecule is CN(C)CCNc1nc(-c2ccc(NC(=O)Nc3ccccc3Cl)cc2)nc2c(Cl)c(Cl)sc12. The van der Waals surface area contributed by atoms with Crippen molar-refractivity contribution in [2.24, 2.45) is 0 Å². The molecular weight excluding hydrogens is 515 g/mol. The topological polar surface area (TPSA) is 82.2 Å². The van der Waals surface area contributed by atoms with Crippen LogP contribution in [0.2, 0.25) is 14.4 Å². The summed E-state index contributed by atoms with van der Waals surface area (Å²) < 4.78 is 1.29. The van der Waals surface area contributed by atoms with Gasteiger partial charge in [0.25, 0.3) is 0 Å². The summed E-state index contributed by atoms with van der Waals surface area (Å²) in [6.07, 6.45) is 0. The van der Waals surface area contributed by atoms with E-state index in [-0.39, 0.29) is 0 Å². The number of nitrogens with zero attached hydrogens (tertiary/aromatic N) is 3. The normalized spacial score (nSPS) is 11.1. The fourth-order valence-corrected chi connectivity index (χ4v) is 4.76. The summed E-state index contributed by atoms with van der Waals surface area (Å²) >= 11 is 20.1. The fraction of sp³-hybridized carbons (Fsp3) is 0.174. The summed E-state index contributed by atoms with van der Waals surface area (Å²) in [5.74, 6) is 1.19. The van der Waals surface area contributed by atoms with E-state index in [4.69, 9.17) is 39.8 Å². The number of thiophene rings is 1. The largest absolute Gasteiger partial charge is 0.367 e. The van der Waals surface area contributed by atoms with Gasteiger partial charge in [-0.1, -0.05) is 46.9 Å². The van der Waals surface area contributed by atoms with Crippen LogP contribution in [0.15, 0.2) is 48.5 Å². The van der Waals surface area contributed by atoms with Crippen LogP contribution in [0.5, 0.6) is 0 Å². The van der Waals surface area contributed by atoms with Gasteiger partial charge in [-0.15, -0.1) is 11.3 Å². The number of likely N-dealkylation sites (N-methyl/N-ethyl adjacent to an activating group) is 1. The third-order valence-corrected chi connectivity index (χ3v) is 7.11. The minimum atomic E-state index is -0.398. The summed E-state index contributed by atoms with van der Waals surface area (Å²) in [6.45, 7) is 1.54. The molecule has 4 aromatic rings. The smallest absolute Gasteiger partial charge is 0.323 e. The first kappa shape index (κ1) is 24.5. The van der Waals surface area contributed by atoms with E-state index in [1.54, 1.807) is 36.4 Å². The van der Waals surface area contributed by atoms with Crippen LogP contribution < -0.4 is 16.0 Å². The number of para-hydroxylation sites is 1. The highest BCUT2D eigenvalue weighted by Crippen LogP contribution is 2.41. The Balaban J connectivity index is 1.55. The molecule has 4 rings (SSSR count). The average Bonchev–Trinajstić information content (AvgIpc) is 3.09. The first-order chi connectivity index (χ1) is 16.3. The van der Waals surface area contributed by atoms with Crippen LogP contribution in [0, 0.1) is 0 Å². The van der Waals surface area contributed by atoms with Crippen LogP contribution in [0.4, 0.5) is 22.0 Å². The molecule has 0 aliphatic rings. The highest BCUT2D eigenvalue weighted by Gasteiger charge is 2.17. The molecule has 7 nitrogen and oxygen atoms in total. The predicted molar refractivity (Wildman–Crippen MR) is 144 cm³/mol. The molecule has 2 amide bonds. The fourth-order valence-electron chi connectivity index (χ4n) is 3.12. The van der Waals surface area contributed by atoms with Gasteiger partial charge in [-0.25, -0.2) is 14.8 Å². The van der Waals surface area contributed by atoms with Crippen LogP contribution in [0.1, 0.15) is 0 Å². The van der Waals surface area contributed by atoms with Crippen molar-refractivity contribution >= 4 is 79.6 Å². The molecule has 0 bridgehead atoms. The van der Waals surface area contributed by atoms with Gasteiger partial charge in [0.1, 0.15) is 15.7 Å². The molecule has 0 saturated heterocycles. The molecule has 0 unspecified atom stereocenters. The summed E-state index contributed by atoms with van der Waals surface area (Å²) in [7, 11) is 4.01. The number of carbonyl (C=O) groups is 1. The van der Waals surface area contributed by atoms with Crippen molar-refractivity contribution in [3.05, 3.63) is 62.9 Å². The minimum Gasteiger partial charge on any atom is -0.367 e. The molecule has 11 heteroatoms. The van der Waals surface area contributed by atoms with Gasteiger partial charge in [0.2, 0.25) is 0 Å². The zero-order valence-electron chi connectivity index (χ0n) is 18.3. The van der Waals surface area contributed by atoms with Gasteiger partial charge in [0, 0.05) is 24.3 Å².